The monoisotopic (exact) mass is 370 g/mol. The van der Waals surface area contributed by atoms with E-state index in [1.165, 1.54) is 24.0 Å². The summed E-state index contributed by atoms with van der Waals surface area (Å²) in [6.45, 7) is 2.58. The van der Waals surface area contributed by atoms with Crippen molar-refractivity contribution in [1.29, 1.82) is 0 Å². The molecule has 0 fully saturated rings. The van der Waals surface area contributed by atoms with Gasteiger partial charge in [0.15, 0.2) is 0 Å². The molecule has 2 amide bonds. The fourth-order valence-electron chi connectivity index (χ4n) is 3.81. The second-order valence-corrected chi connectivity index (χ2v) is 7.39. The molecule has 1 N–H and O–H groups in total. The number of carbonyl (C=O) groups is 1. The van der Waals surface area contributed by atoms with Gasteiger partial charge in [-0.3, -0.25) is 4.90 Å². The van der Waals surface area contributed by atoms with Crippen molar-refractivity contribution in [3.63, 3.8) is 0 Å². The van der Waals surface area contributed by atoms with Gasteiger partial charge >= 0.3 is 6.03 Å². The van der Waals surface area contributed by atoms with Crippen molar-refractivity contribution in [3.05, 3.63) is 52.5 Å². The first kappa shape index (κ1) is 17.2. The van der Waals surface area contributed by atoms with Gasteiger partial charge in [-0.1, -0.05) is 30.7 Å². The summed E-state index contributed by atoms with van der Waals surface area (Å²) >= 11 is 6.16. The summed E-state index contributed by atoms with van der Waals surface area (Å²) in [5.74, 6) is 0.706. The Morgan fingerprint density at radius 1 is 1.27 bits per heavy atom. The van der Waals surface area contributed by atoms with Crippen LogP contribution in [0.2, 0.25) is 5.02 Å². The minimum absolute atomic E-state index is 0.0147. The average molecular weight is 371 g/mol. The minimum Gasteiger partial charge on any atom is -0.486 e. The highest BCUT2D eigenvalue weighted by molar-refractivity contribution is 6.31. The normalized spacial score (nSPS) is 18.5. The molecule has 0 radical (unpaired) electrons. The number of benzene rings is 2. The van der Waals surface area contributed by atoms with Crippen LogP contribution in [0.25, 0.3) is 0 Å². The van der Waals surface area contributed by atoms with E-state index in [2.05, 4.69) is 18.3 Å². The van der Waals surface area contributed by atoms with Crippen molar-refractivity contribution in [2.24, 2.45) is 0 Å². The molecule has 1 atom stereocenters. The first-order chi connectivity index (χ1) is 12.7. The van der Waals surface area contributed by atoms with Crippen LogP contribution in [0.4, 0.5) is 16.2 Å². The van der Waals surface area contributed by atoms with Crippen LogP contribution in [0, 0.1) is 0 Å². The van der Waals surface area contributed by atoms with Crippen molar-refractivity contribution >= 4 is 29.0 Å². The third-order valence-electron chi connectivity index (χ3n) is 5.23. The molecule has 1 aliphatic heterocycles. The van der Waals surface area contributed by atoms with Crippen LogP contribution in [-0.4, -0.2) is 18.7 Å². The zero-order valence-corrected chi connectivity index (χ0v) is 15.7. The lowest BCUT2D eigenvalue weighted by atomic mass is 9.90. The number of halogens is 1. The number of urea groups is 1. The number of hydrogen-bond donors (Lipinski definition) is 1. The van der Waals surface area contributed by atoms with Gasteiger partial charge in [0.2, 0.25) is 0 Å². The Morgan fingerprint density at radius 3 is 2.96 bits per heavy atom. The molecule has 4 rings (SSSR count). The van der Waals surface area contributed by atoms with Crippen LogP contribution in [-0.2, 0) is 12.8 Å². The Balaban J connectivity index is 1.63. The predicted octanol–water partition coefficient (Wildman–Crippen LogP) is 5.43. The quantitative estimate of drug-likeness (QED) is 0.765. The molecule has 1 heterocycles. The minimum atomic E-state index is -0.130. The maximum Gasteiger partial charge on any atom is 0.326 e. The molecule has 0 saturated carbocycles. The molecule has 2 aromatic carbocycles. The topological polar surface area (TPSA) is 41.6 Å². The zero-order valence-electron chi connectivity index (χ0n) is 14.9. The molecule has 0 saturated heterocycles. The van der Waals surface area contributed by atoms with E-state index < -0.39 is 0 Å². The summed E-state index contributed by atoms with van der Waals surface area (Å²) in [6, 6.07) is 11.5. The number of aryl methyl sites for hydroxylation is 1. The fourth-order valence-corrected chi connectivity index (χ4v) is 3.97. The number of ether oxygens (including phenoxy) is 1. The maximum absolute atomic E-state index is 13.1. The number of nitrogens with one attached hydrogen (secondary N) is 1. The Bertz CT molecular complexity index is 837. The average Bonchev–Trinajstić information content (AvgIpc) is 2.67. The standard InChI is InChI=1S/C21H23ClN2O2/c1-2-16-13-24(19-12-15(22)10-11-20(19)26-16)21(25)23-18-9-5-7-14-6-3-4-8-17(14)18/h5,7,9-12,16H,2-4,6,8,13H2,1H3,(H,23,25)/t16-/m0/s1. The van der Waals surface area contributed by atoms with Gasteiger partial charge < -0.3 is 10.1 Å². The van der Waals surface area contributed by atoms with Gasteiger partial charge in [0, 0.05) is 10.7 Å². The maximum atomic E-state index is 13.1. The van der Waals surface area contributed by atoms with E-state index in [1.807, 2.05) is 18.2 Å². The molecular formula is C21H23ClN2O2. The Labute approximate surface area is 159 Å². The fraction of sp³-hybridized carbons (Fsp3) is 0.381. The second-order valence-electron chi connectivity index (χ2n) is 6.95. The van der Waals surface area contributed by atoms with Crippen molar-refractivity contribution in [2.45, 2.75) is 45.1 Å². The number of rotatable bonds is 2. The van der Waals surface area contributed by atoms with Crippen LogP contribution in [0.3, 0.4) is 0 Å². The molecule has 0 aromatic heterocycles. The first-order valence-corrected chi connectivity index (χ1v) is 9.69. The predicted molar refractivity (Wildman–Crippen MR) is 106 cm³/mol. The lowest BCUT2D eigenvalue weighted by Crippen LogP contribution is -2.45. The molecule has 0 unspecified atom stereocenters. The zero-order chi connectivity index (χ0) is 18.1. The third kappa shape index (κ3) is 3.26. The second kappa shape index (κ2) is 7.20. The summed E-state index contributed by atoms with van der Waals surface area (Å²) in [5, 5.41) is 3.73. The summed E-state index contributed by atoms with van der Waals surface area (Å²) in [4.78, 5) is 14.9. The van der Waals surface area contributed by atoms with E-state index in [9.17, 15) is 4.79 Å². The van der Waals surface area contributed by atoms with E-state index in [4.69, 9.17) is 16.3 Å². The van der Waals surface area contributed by atoms with Crippen molar-refractivity contribution in [3.8, 4) is 5.75 Å². The Hall–Kier alpha value is -2.20. The van der Waals surface area contributed by atoms with E-state index in [-0.39, 0.29) is 12.1 Å². The van der Waals surface area contributed by atoms with Crippen molar-refractivity contribution in [2.75, 3.05) is 16.8 Å². The highest BCUT2D eigenvalue weighted by Crippen LogP contribution is 2.37. The van der Waals surface area contributed by atoms with Gasteiger partial charge in [0.1, 0.15) is 11.9 Å². The molecule has 5 heteroatoms. The van der Waals surface area contributed by atoms with Crippen LogP contribution in [0.1, 0.15) is 37.3 Å². The molecule has 26 heavy (non-hydrogen) atoms. The summed E-state index contributed by atoms with van der Waals surface area (Å²) in [7, 11) is 0. The number of anilines is 2. The summed E-state index contributed by atoms with van der Waals surface area (Å²) in [5.41, 5.74) is 4.28. The lowest BCUT2D eigenvalue weighted by Gasteiger charge is -2.35. The largest absolute Gasteiger partial charge is 0.486 e. The number of nitrogens with zero attached hydrogens (tertiary/aromatic N) is 1. The number of hydrogen-bond acceptors (Lipinski definition) is 2. The van der Waals surface area contributed by atoms with Crippen molar-refractivity contribution < 1.29 is 9.53 Å². The Morgan fingerprint density at radius 2 is 2.12 bits per heavy atom. The molecule has 2 aliphatic rings. The molecule has 2 aromatic rings. The molecule has 136 valence electrons. The van der Waals surface area contributed by atoms with E-state index >= 15 is 0 Å². The van der Waals surface area contributed by atoms with E-state index in [0.717, 1.165) is 30.6 Å². The van der Waals surface area contributed by atoms with Crippen molar-refractivity contribution in [1.82, 2.24) is 0 Å². The summed E-state index contributed by atoms with van der Waals surface area (Å²) in [6.07, 6.45) is 5.33. The number of fused-ring (bicyclic) bond motifs is 2. The Kier molecular flexibility index (Phi) is 4.77. The van der Waals surface area contributed by atoms with Crippen LogP contribution < -0.4 is 15.0 Å². The van der Waals surface area contributed by atoms with Gasteiger partial charge in [-0.25, -0.2) is 4.79 Å². The van der Waals surface area contributed by atoms with Gasteiger partial charge in [0.25, 0.3) is 0 Å². The first-order valence-electron chi connectivity index (χ1n) is 9.31. The smallest absolute Gasteiger partial charge is 0.326 e. The van der Waals surface area contributed by atoms with Gasteiger partial charge in [-0.2, -0.15) is 0 Å². The van der Waals surface area contributed by atoms with Crippen LogP contribution >= 0.6 is 11.6 Å². The highest BCUT2D eigenvalue weighted by atomic mass is 35.5. The van der Waals surface area contributed by atoms with Crippen LogP contribution in [0.15, 0.2) is 36.4 Å². The van der Waals surface area contributed by atoms with Crippen LogP contribution in [0.5, 0.6) is 5.75 Å². The number of carbonyl (C=O) groups excluding carboxylic acids is 1. The highest BCUT2D eigenvalue weighted by Gasteiger charge is 2.30. The molecule has 1 aliphatic carbocycles. The third-order valence-corrected chi connectivity index (χ3v) is 5.46. The van der Waals surface area contributed by atoms with Gasteiger partial charge in [-0.15, -0.1) is 0 Å². The SMILES string of the molecule is CC[C@H]1CN(C(=O)Nc2cccc3c2CCCC3)c2cc(Cl)ccc2O1. The van der Waals surface area contributed by atoms with E-state index in [0.29, 0.717) is 17.3 Å². The summed E-state index contributed by atoms with van der Waals surface area (Å²) < 4.78 is 5.98. The van der Waals surface area contributed by atoms with Gasteiger partial charge in [0.05, 0.1) is 12.2 Å². The lowest BCUT2D eigenvalue weighted by molar-refractivity contribution is 0.188. The molecule has 0 bridgehead atoms. The van der Waals surface area contributed by atoms with Gasteiger partial charge in [-0.05, 0) is 67.5 Å². The van der Waals surface area contributed by atoms with E-state index in [1.54, 1.807) is 17.0 Å². The number of amides is 2. The molecular weight excluding hydrogens is 348 g/mol. The molecule has 4 nitrogen and oxygen atoms in total. The molecule has 0 spiro atoms.